The zero-order valence-electron chi connectivity index (χ0n) is 18.7. The van der Waals surface area contributed by atoms with Crippen LogP contribution in [-0.2, 0) is 13.0 Å². The largest absolute Gasteiger partial charge is 0.367 e. The summed E-state index contributed by atoms with van der Waals surface area (Å²) in [6, 6.07) is 32.5. The third-order valence-corrected chi connectivity index (χ3v) is 5.97. The molecule has 0 unspecified atom stereocenters. The normalized spacial score (nSPS) is 12.2. The van der Waals surface area contributed by atoms with Gasteiger partial charge in [-0.25, -0.2) is 0 Å². The molecule has 0 saturated carbocycles. The average molecular weight is 448 g/mol. The lowest BCUT2D eigenvalue weighted by Gasteiger charge is -2.21. The van der Waals surface area contributed by atoms with Crippen molar-refractivity contribution in [2.45, 2.75) is 13.0 Å². The summed E-state index contributed by atoms with van der Waals surface area (Å²) < 4.78 is 0. The van der Waals surface area contributed by atoms with Gasteiger partial charge in [0.05, 0.1) is 0 Å². The lowest BCUT2D eigenvalue weighted by atomic mass is 10.1. The highest BCUT2D eigenvalue weighted by Gasteiger charge is 2.20. The Morgan fingerprint density at radius 1 is 0.676 bits per heavy atom. The highest BCUT2D eigenvalue weighted by atomic mass is 16.2. The molecule has 2 N–H and O–H groups in total. The second kappa shape index (κ2) is 9.63. The van der Waals surface area contributed by atoms with Crippen molar-refractivity contribution in [1.29, 1.82) is 0 Å². The number of benzene rings is 4. The van der Waals surface area contributed by atoms with Crippen LogP contribution in [0.5, 0.6) is 0 Å². The summed E-state index contributed by atoms with van der Waals surface area (Å²) in [5.74, 6) is -0.241. The molecule has 34 heavy (non-hydrogen) atoms. The Hall–Kier alpha value is -4.38. The molecule has 5 rings (SSSR count). The number of hydrogen-bond acceptors (Lipinski definition) is 3. The average Bonchev–Trinajstić information content (AvgIpc) is 3.27. The molecule has 0 bridgehead atoms. The van der Waals surface area contributed by atoms with Gasteiger partial charge in [0, 0.05) is 41.3 Å². The van der Waals surface area contributed by atoms with Gasteiger partial charge in [-0.1, -0.05) is 54.6 Å². The zero-order chi connectivity index (χ0) is 23.3. The topological polar surface area (TPSA) is 61.4 Å². The van der Waals surface area contributed by atoms with Crippen molar-refractivity contribution in [3.05, 3.63) is 125 Å². The number of anilines is 3. The van der Waals surface area contributed by atoms with Crippen LogP contribution in [0.2, 0.25) is 0 Å². The first kappa shape index (κ1) is 21.5. The second-order valence-electron chi connectivity index (χ2n) is 8.36. The first-order valence-electron chi connectivity index (χ1n) is 11.4. The van der Waals surface area contributed by atoms with E-state index < -0.39 is 0 Å². The van der Waals surface area contributed by atoms with Crippen molar-refractivity contribution in [2.24, 2.45) is 0 Å². The fourth-order valence-corrected chi connectivity index (χ4v) is 4.24. The second-order valence-corrected chi connectivity index (χ2v) is 8.36. The van der Waals surface area contributed by atoms with E-state index in [1.807, 2.05) is 66.7 Å². The van der Waals surface area contributed by atoms with E-state index in [9.17, 15) is 9.59 Å². The molecule has 0 aromatic heterocycles. The molecule has 5 heteroatoms. The number of carbonyl (C=O) groups is 2. The van der Waals surface area contributed by atoms with Crippen molar-refractivity contribution in [3.63, 3.8) is 0 Å². The number of fused-ring (bicyclic) bond motifs is 1. The van der Waals surface area contributed by atoms with Gasteiger partial charge in [0.15, 0.2) is 0 Å². The molecular formula is C29H25N3O2. The van der Waals surface area contributed by atoms with Gasteiger partial charge in [-0.15, -0.1) is 0 Å². The number of amides is 2. The van der Waals surface area contributed by atoms with E-state index >= 15 is 0 Å². The van der Waals surface area contributed by atoms with Crippen LogP contribution in [0.15, 0.2) is 103 Å². The van der Waals surface area contributed by atoms with E-state index in [-0.39, 0.29) is 11.8 Å². The van der Waals surface area contributed by atoms with Crippen LogP contribution >= 0.6 is 0 Å². The fraction of sp³-hybridized carbons (Fsp3) is 0.103. The number of nitrogens with zero attached hydrogens (tertiary/aromatic N) is 1. The van der Waals surface area contributed by atoms with Gasteiger partial charge in [0.2, 0.25) is 0 Å². The molecule has 0 spiro atoms. The molecule has 1 heterocycles. The van der Waals surface area contributed by atoms with Crippen molar-refractivity contribution < 1.29 is 9.59 Å². The smallest absolute Gasteiger partial charge is 0.255 e. The highest BCUT2D eigenvalue weighted by molar-refractivity contribution is 6.05. The van der Waals surface area contributed by atoms with Crippen LogP contribution in [0.25, 0.3) is 0 Å². The third-order valence-electron chi connectivity index (χ3n) is 5.97. The molecule has 5 nitrogen and oxygen atoms in total. The van der Waals surface area contributed by atoms with E-state index in [0.29, 0.717) is 11.1 Å². The van der Waals surface area contributed by atoms with E-state index in [1.54, 1.807) is 24.3 Å². The molecule has 0 radical (unpaired) electrons. The predicted molar refractivity (Wildman–Crippen MR) is 136 cm³/mol. The number of hydrogen-bond donors (Lipinski definition) is 2. The molecule has 4 aromatic carbocycles. The molecule has 168 valence electrons. The van der Waals surface area contributed by atoms with Crippen LogP contribution in [-0.4, -0.2) is 18.4 Å². The van der Waals surface area contributed by atoms with Gasteiger partial charge in [0.25, 0.3) is 11.8 Å². The van der Waals surface area contributed by atoms with Crippen molar-refractivity contribution in [1.82, 2.24) is 0 Å². The molecule has 0 atom stereocenters. The molecule has 4 aromatic rings. The number of nitrogens with one attached hydrogen (secondary N) is 2. The highest BCUT2D eigenvalue weighted by Crippen LogP contribution is 2.32. The summed E-state index contributed by atoms with van der Waals surface area (Å²) in [5.41, 5.74) is 6.33. The van der Waals surface area contributed by atoms with E-state index in [0.717, 1.165) is 42.1 Å². The Labute approximate surface area is 199 Å². The van der Waals surface area contributed by atoms with Gasteiger partial charge < -0.3 is 15.5 Å². The molecular weight excluding hydrogens is 422 g/mol. The minimum atomic E-state index is -0.122. The fourth-order valence-electron chi connectivity index (χ4n) is 4.24. The van der Waals surface area contributed by atoms with Crippen LogP contribution in [0, 0.1) is 0 Å². The Bertz CT molecular complexity index is 1320. The Morgan fingerprint density at radius 2 is 1.29 bits per heavy atom. The van der Waals surface area contributed by atoms with Crippen LogP contribution in [0.3, 0.4) is 0 Å². The Kier molecular flexibility index (Phi) is 6.08. The van der Waals surface area contributed by atoms with Crippen molar-refractivity contribution in [2.75, 3.05) is 22.1 Å². The first-order chi connectivity index (χ1) is 16.7. The monoisotopic (exact) mass is 447 g/mol. The predicted octanol–water partition coefficient (Wildman–Crippen LogP) is 5.75. The van der Waals surface area contributed by atoms with Gasteiger partial charge in [-0.3, -0.25) is 9.59 Å². The number of carbonyl (C=O) groups excluding carboxylic acids is 2. The minimum absolute atomic E-state index is 0.119. The molecule has 0 fully saturated rings. The third kappa shape index (κ3) is 4.84. The summed E-state index contributed by atoms with van der Waals surface area (Å²) in [6.45, 7) is 1.63. The lowest BCUT2D eigenvalue weighted by molar-refractivity contribution is 0.101. The van der Waals surface area contributed by atoms with Gasteiger partial charge in [0.1, 0.15) is 0 Å². The van der Waals surface area contributed by atoms with Gasteiger partial charge >= 0.3 is 0 Å². The van der Waals surface area contributed by atoms with Crippen molar-refractivity contribution >= 4 is 28.9 Å². The van der Waals surface area contributed by atoms with E-state index in [2.05, 4.69) is 27.7 Å². The maximum absolute atomic E-state index is 12.6. The number of rotatable bonds is 6. The SMILES string of the molecule is O=C(Nc1cccc(CN2CCc3ccc(NC(=O)c4ccccc4)cc32)c1)c1ccccc1. The van der Waals surface area contributed by atoms with Crippen LogP contribution < -0.4 is 15.5 Å². The molecule has 1 aliphatic rings. The lowest BCUT2D eigenvalue weighted by Crippen LogP contribution is -2.20. The van der Waals surface area contributed by atoms with Gasteiger partial charge in [-0.2, -0.15) is 0 Å². The summed E-state index contributed by atoms with van der Waals surface area (Å²) in [5, 5.41) is 5.99. The standard InChI is InChI=1S/C29H25N3O2/c33-28(23-9-3-1-4-10-23)30-25-13-7-8-21(18-25)20-32-17-16-22-14-15-26(19-27(22)32)31-29(34)24-11-5-2-6-12-24/h1-15,18-19H,16-17,20H2,(H,30,33)(H,31,34). The quantitative estimate of drug-likeness (QED) is 0.395. The molecule has 2 amide bonds. The summed E-state index contributed by atoms with van der Waals surface area (Å²) >= 11 is 0. The Balaban J connectivity index is 1.29. The van der Waals surface area contributed by atoms with Crippen molar-refractivity contribution in [3.8, 4) is 0 Å². The molecule has 0 saturated heterocycles. The zero-order valence-corrected chi connectivity index (χ0v) is 18.7. The summed E-state index contributed by atoms with van der Waals surface area (Å²) in [6.07, 6.45) is 0.965. The molecule has 1 aliphatic heterocycles. The minimum Gasteiger partial charge on any atom is -0.367 e. The van der Waals surface area contributed by atoms with Crippen LogP contribution in [0.1, 0.15) is 31.8 Å². The van der Waals surface area contributed by atoms with Crippen LogP contribution in [0.4, 0.5) is 17.1 Å². The van der Waals surface area contributed by atoms with E-state index in [1.165, 1.54) is 5.56 Å². The maximum atomic E-state index is 12.6. The summed E-state index contributed by atoms with van der Waals surface area (Å²) in [4.78, 5) is 27.4. The first-order valence-corrected chi connectivity index (χ1v) is 11.4. The van der Waals surface area contributed by atoms with E-state index in [4.69, 9.17) is 0 Å². The maximum Gasteiger partial charge on any atom is 0.255 e. The summed E-state index contributed by atoms with van der Waals surface area (Å²) in [7, 11) is 0. The Morgan fingerprint density at radius 3 is 1.94 bits per heavy atom. The van der Waals surface area contributed by atoms with Gasteiger partial charge in [-0.05, 0) is 66.1 Å². The molecule has 0 aliphatic carbocycles.